The van der Waals surface area contributed by atoms with Crippen LogP contribution in [0, 0.1) is 11.8 Å². The van der Waals surface area contributed by atoms with Gasteiger partial charge >= 0.3 is 0 Å². The molecule has 4 rings (SSSR count). The van der Waals surface area contributed by atoms with Crippen LogP contribution >= 0.6 is 0 Å². The number of hydrogen-bond acceptors (Lipinski definition) is 4. The van der Waals surface area contributed by atoms with Crippen LogP contribution in [0.1, 0.15) is 38.5 Å². The van der Waals surface area contributed by atoms with Gasteiger partial charge in [-0.2, -0.15) is 17.0 Å². The molecule has 0 amide bonds. The second-order valence-corrected chi connectivity index (χ2v) is 9.97. The smallest absolute Gasteiger partial charge is 0.282 e. The van der Waals surface area contributed by atoms with Crippen molar-refractivity contribution in [2.45, 2.75) is 44.6 Å². The van der Waals surface area contributed by atoms with Crippen LogP contribution in [-0.4, -0.2) is 80.3 Å². The van der Waals surface area contributed by atoms with Crippen LogP contribution in [0.2, 0.25) is 0 Å². The molecule has 3 saturated heterocycles. The lowest BCUT2D eigenvalue weighted by Gasteiger charge is -2.41. The Hall–Kier alpha value is -0.210. The van der Waals surface area contributed by atoms with Crippen molar-refractivity contribution in [1.29, 1.82) is 0 Å². The zero-order valence-electron chi connectivity index (χ0n) is 14.7. The Morgan fingerprint density at radius 2 is 1.42 bits per heavy atom. The van der Waals surface area contributed by atoms with Crippen molar-refractivity contribution in [1.82, 2.24) is 18.8 Å². The molecule has 1 saturated carbocycles. The molecule has 4 fully saturated rings. The fourth-order valence-corrected chi connectivity index (χ4v) is 6.95. The Bertz CT molecular complexity index is 535. The van der Waals surface area contributed by atoms with E-state index in [1.807, 2.05) is 0 Å². The van der Waals surface area contributed by atoms with Gasteiger partial charge in [-0.15, -0.1) is 0 Å². The minimum Gasteiger partial charge on any atom is -0.314 e. The van der Waals surface area contributed by atoms with E-state index in [9.17, 15) is 8.42 Å². The fourth-order valence-electron chi connectivity index (χ4n) is 5.21. The van der Waals surface area contributed by atoms with Crippen LogP contribution in [0.25, 0.3) is 0 Å². The van der Waals surface area contributed by atoms with E-state index in [0.29, 0.717) is 25.0 Å². The summed E-state index contributed by atoms with van der Waals surface area (Å²) >= 11 is 0. The highest BCUT2D eigenvalue weighted by atomic mass is 32.2. The van der Waals surface area contributed by atoms with Gasteiger partial charge in [0.15, 0.2) is 0 Å². The van der Waals surface area contributed by atoms with E-state index in [1.165, 1.54) is 25.7 Å². The summed E-state index contributed by atoms with van der Waals surface area (Å²) < 4.78 is 29.8. The third-order valence-corrected chi connectivity index (χ3v) is 8.67. The molecule has 138 valence electrons. The molecule has 3 atom stereocenters. The molecule has 4 aliphatic rings. The molecule has 0 bridgehead atoms. The molecule has 0 aromatic rings. The van der Waals surface area contributed by atoms with E-state index >= 15 is 0 Å². The normalized spacial score (nSPS) is 37.4. The van der Waals surface area contributed by atoms with E-state index in [-0.39, 0.29) is 0 Å². The summed E-state index contributed by atoms with van der Waals surface area (Å²) in [5, 5.41) is 3.38. The predicted octanol–water partition coefficient (Wildman–Crippen LogP) is 0.723. The van der Waals surface area contributed by atoms with Gasteiger partial charge < -0.3 is 5.32 Å². The standard InChI is InChI=1S/C17H32N4O2S/c22-24(23,20-9-5-15-3-1-2-4-16(15)13-20)21-10-6-17(14-21)19-11-7-18-8-12-19/h15-18H,1-14H2. The molecule has 3 unspecified atom stereocenters. The van der Waals surface area contributed by atoms with Crippen molar-refractivity contribution in [2.24, 2.45) is 11.8 Å². The van der Waals surface area contributed by atoms with Gasteiger partial charge in [-0.1, -0.05) is 19.3 Å². The zero-order chi connectivity index (χ0) is 16.6. The number of hydrogen-bond donors (Lipinski definition) is 1. The first-order valence-corrected chi connectivity index (χ1v) is 11.2. The number of nitrogens with one attached hydrogen (secondary N) is 1. The number of piperidine rings is 1. The van der Waals surface area contributed by atoms with E-state index in [0.717, 1.165) is 58.0 Å². The van der Waals surface area contributed by atoms with Gasteiger partial charge in [-0.3, -0.25) is 4.90 Å². The molecule has 0 spiro atoms. The van der Waals surface area contributed by atoms with Gasteiger partial charge in [-0.25, -0.2) is 0 Å². The Morgan fingerprint density at radius 1 is 0.750 bits per heavy atom. The second kappa shape index (κ2) is 7.19. The molecule has 3 aliphatic heterocycles. The van der Waals surface area contributed by atoms with Crippen molar-refractivity contribution < 1.29 is 8.42 Å². The third-order valence-electron chi connectivity index (χ3n) is 6.70. The zero-order valence-corrected chi connectivity index (χ0v) is 15.5. The van der Waals surface area contributed by atoms with E-state index in [4.69, 9.17) is 0 Å². The summed E-state index contributed by atoms with van der Waals surface area (Å²) in [7, 11) is -3.26. The third kappa shape index (κ3) is 3.38. The van der Waals surface area contributed by atoms with Crippen molar-refractivity contribution in [2.75, 3.05) is 52.4 Å². The highest BCUT2D eigenvalue weighted by molar-refractivity contribution is 7.86. The van der Waals surface area contributed by atoms with Crippen molar-refractivity contribution in [3.63, 3.8) is 0 Å². The maximum atomic E-state index is 13.1. The van der Waals surface area contributed by atoms with Gasteiger partial charge in [0, 0.05) is 58.4 Å². The van der Waals surface area contributed by atoms with Crippen LogP contribution in [0.15, 0.2) is 0 Å². The van der Waals surface area contributed by atoms with Crippen LogP contribution in [-0.2, 0) is 10.2 Å². The Kier molecular flexibility index (Phi) is 5.16. The molecule has 0 radical (unpaired) electrons. The van der Waals surface area contributed by atoms with Crippen LogP contribution in [0.3, 0.4) is 0 Å². The molecule has 1 N–H and O–H groups in total. The van der Waals surface area contributed by atoms with Gasteiger partial charge in [-0.05, 0) is 31.1 Å². The number of nitrogens with zero attached hydrogens (tertiary/aromatic N) is 3. The van der Waals surface area contributed by atoms with Crippen molar-refractivity contribution in [3.8, 4) is 0 Å². The first kappa shape index (κ1) is 17.2. The second-order valence-electron chi connectivity index (χ2n) is 8.05. The molecule has 0 aromatic heterocycles. The van der Waals surface area contributed by atoms with Crippen LogP contribution < -0.4 is 5.32 Å². The predicted molar refractivity (Wildman–Crippen MR) is 95.0 cm³/mol. The highest BCUT2D eigenvalue weighted by Gasteiger charge is 2.41. The summed E-state index contributed by atoms with van der Waals surface area (Å²) in [6.07, 6.45) is 7.21. The Labute approximate surface area is 146 Å². The van der Waals surface area contributed by atoms with E-state index in [1.54, 1.807) is 8.61 Å². The van der Waals surface area contributed by atoms with Crippen molar-refractivity contribution in [3.05, 3.63) is 0 Å². The summed E-state index contributed by atoms with van der Waals surface area (Å²) in [6, 6.07) is 0.411. The average molecular weight is 357 g/mol. The minimum absolute atomic E-state index is 0.411. The average Bonchev–Trinajstić information content (AvgIpc) is 3.13. The Morgan fingerprint density at radius 3 is 2.21 bits per heavy atom. The largest absolute Gasteiger partial charge is 0.314 e. The fraction of sp³-hybridized carbons (Fsp3) is 1.00. The minimum atomic E-state index is -3.26. The summed E-state index contributed by atoms with van der Waals surface area (Å²) in [4.78, 5) is 2.47. The lowest BCUT2D eigenvalue weighted by atomic mass is 9.76. The molecule has 1 aliphatic carbocycles. The lowest BCUT2D eigenvalue weighted by molar-refractivity contribution is 0.131. The molecular formula is C17H32N4O2S. The maximum absolute atomic E-state index is 13.1. The van der Waals surface area contributed by atoms with Gasteiger partial charge in [0.25, 0.3) is 10.2 Å². The molecule has 6 nitrogen and oxygen atoms in total. The summed E-state index contributed by atoms with van der Waals surface area (Å²) in [6.45, 7) is 7.03. The number of piperazine rings is 1. The summed E-state index contributed by atoms with van der Waals surface area (Å²) in [5.74, 6) is 1.38. The SMILES string of the molecule is O=S(=O)(N1CCC2CCCCC2C1)N1CCC(N2CCNCC2)C1. The molecular weight excluding hydrogens is 324 g/mol. The van der Waals surface area contributed by atoms with E-state index < -0.39 is 10.2 Å². The number of fused-ring (bicyclic) bond motifs is 1. The van der Waals surface area contributed by atoms with Gasteiger partial charge in [0.1, 0.15) is 0 Å². The summed E-state index contributed by atoms with van der Waals surface area (Å²) in [5.41, 5.74) is 0. The molecule has 3 heterocycles. The Balaban J connectivity index is 1.38. The van der Waals surface area contributed by atoms with Gasteiger partial charge in [0.2, 0.25) is 0 Å². The van der Waals surface area contributed by atoms with Crippen LogP contribution in [0.5, 0.6) is 0 Å². The maximum Gasteiger partial charge on any atom is 0.282 e. The molecule has 0 aromatic carbocycles. The topological polar surface area (TPSA) is 55.9 Å². The van der Waals surface area contributed by atoms with Crippen LogP contribution in [0.4, 0.5) is 0 Å². The first-order chi connectivity index (χ1) is 11.6. The highest BCUT2D eigenvalue weighted by Crippen LogP contribution is 2.37. The first-order valence-electron chi connectivity index (χ1n) is 9.84. The van der Waals surface area contributed by atoms with E-state index in [2.05, 4.69) is 10.2 Å². The quantitative estimate of drug-likeness (QED) is 0.810. The molecule has 24 heavy (non-hydrogen) atoms. The molecule has 7 heteroatoms. The number of rotatable bonds is 3. The van der Waals surface area contributed by atoms with Gasteiger partial charge in [0.05, 0.1) is 0 Å². The lowest BCUT2D eigenvalue weighted by Crippen LogP contribution is -2.52. The van der Waals surface area contributed by atoms with Crippen molar-refractivity contribution >= 4 is 10.2 Å². The monoisotopic (exact) mass is 356 g/mol.